The number of hydrogen-bond donors (Lipinski definition) is 1. The van der Waals surface area contributed by atoms with E-state index in [0.29, 0.717) is 5.92 Å². The number of nitrogens with one attached hydrogen (secondary N) is 1. The fourth-order valence-corrected chi connectivity index (χ4v) is 6.21. The second kappa shape index (κ2) is 11.7. The molecule has 0 spiro atoms. The van der Waals surface area contributed by atoms with Crippen molar-refractivity contribution in [3.8, 4) is 33.8 Å². The molecule has 0 bridgehead atoms. The highest BCUT2D eigenvalue weighted by atomic mass is 14.9. The van der Waals surface area contributed by atoms with Crippen LogP contribution in [0.5, 0.6) is 0 Å². The summed E-state index contributed by atoms with van der Waals surface area (Å²) < 4.78 is 0. The monoisotopic (exact) mass is 538 g/mol. The number of fused-ring (bicyclic) bond motifs is 1. The van der Waals surface area contributed by atoms with Gasteiger partial charge in [-0.2, -0.15) is 0 Å². The van der Waals surface area contributed by atoms with Crippen molar-refractivity contribution in [2.45, 2.75) is 58.8 Å². The van der Waals surface area contributed by atoms with Gasteiger partial charge in [0, 0.05) is 34.8 Å². The molecule has 5 aromatic rings. The van der Waals surface area contributed by atoms with Gasteiger partial charge in [0.1, 0.15) is 5.82 Å². The number of H-pyrrole nitrogens is 1. The lowest BCUT2D eigenvalue weighted by Gasteiger charge is -2.29. The number of aryl methyl sites for hydroxylation is 1. The second-order valence-electron chi connectivity index (χ2n) is 11.6. The fraction of sp³-hybridized carbons (Fsp3) is 0.270. The first-order valence-corrected chi connectivity index (χ1v) is 14.8. The molecule has 4 nitrogen and oxygen atoms in total. The first-order chi connectivity index (χ1) is 20.0. The molecule has 206 valence electrons. The minimum atomic E-state index is 0.673. The molecule has 0 radical (unpaired) electrons. The topological polar surface area (TPSA) is 54.5 Å². The number of allylic oxidation sites excluding steroid dienone is 2. The average molecular weight is 539 g/mol. The molecule has 0 saturated heterocycles. The van der Waals surface area contributed by atoms with E-state index in [1.54, 1.807) is 0 Å². The lowest BCUT2D eigenvalue weighted by Crippen LogP contribution is -2.13. The number of hydrogen-bond acceptors (Lipinski definition) is 3. The van der Waals surface area contributed by atoms with Crippen LogP contribution in [-0.2, 0) is 0 Å². The van der Waals surface area contributed by atoms with Crippen molar-refractivity contribution in [3.05, 3.63) is 108 Å². The van der Waals surface area contributed by atoms with Gasteiger partial charge < -0.3 is 4.98 Å². The van der Waals surface area contributed by atoms with Crippen molar-refractivity contribution in [2.75, 3.05) is 0 Å². The van der Waals surface area contributed by atoms with E-state index in [1.165, 1.54) is 43.2 Å². The van der Waals surface area contributed by atoms with Crippen LogP contribution in [0.2, 0.25) is 0 Å². The molecule has 2 aromatic carbocycles. The van der Waals surface area contributed by atoms with Gasteiger partial charge in [-0.3, -0.25) is 9.97 Å². The van der Waals surface area contributed by atoms with Gasteiger partial charge in [0.15, 0.2) is 0 Å². The number of aromatic amines is 1. The zero-order chi connectivity index (χ0) is 28.3. The third-order valence-corrected chi connectivity index (χ3v) is 8.49. The smallest absolute Gasteiger partial charge is 0.140 e. The van der Waals surface area contributed by atoms with E-state index < -0.39 is 0 Å². The van der Waals surface area contributed by atoms with Crippen LogP contribution in [0.1, 0.15) is 68.7 Å². The maximum atomic E-state index is 4.84. The van der Waals surface area contributed by atoms with Crippen LogP contribution in [-0.4, -0.2) is 19.9 Å². The van der Waals surface area contributed by atoms with Crippen LogP contribution in [0.25, 0.3) is 50.9 Å². The molecule has 41 heavy (non-hydrogen) atoms. The minimum absolute atomic E-state index is 0.673. The van der Waals surface area contributed by atoms with Gasteiger partial charge in [-0.15, -0.1) is 6.58 Å². The molecule has 3 heterocycles. The van der Waals surface area contributed by atoms with E-state index in [4.69, 9.17) is 9.97 Å². The van der Waals surface area contributed by atoms with Gasteiger partial charge in [0.2, 0.25) is 0 Å². The molecular formula is C37H38N4. The van der Waals surface area contributed by atoms with Crippen molar-refractivity contribution >= 4 is 17.1 Å². The number of pyridine rings is 2. The lowest BCUT2D eigenvalue weighted by atomic mass is 9.77. The lowest BCUT2D eigenvalue weighted by molar-refractivity contribution is 0.324. The quantitative estimate of drug-likeness (QED) is 0.210. The molecule has 0 amide bonds. The normalized spacial score (nSPS) is 17.3. The molecule has 4 heteroatoms. The standard InChI is InChI=1S/C37H38N4/c1-5-6-30-20-33(23-38-25(30)4)31-15-18-35-36(21-31)41-37(40-35)32-16-17-34(39-22-32)29-13-11-28(12-14-29)27-9-7-26(8-10-27)19-24(2)3/h5-6,11-18,20-23,26-27H,2,7-10,19H2,1,3-4H3,(H,40,41)/b6-5-. The molecule has 1 aliphatic carbocycles. The third-order valence-electron chi connectivity index (χ3n) is 8.49. The Bertz CT molecular complexity index is 1700. The Labute approximate surface area is 243 Å². The Morgan fingerprint density at radius 2 is 1.61 bits per heavy atom. The number of rotatable bonds is 7. The van der Waals surface area contributed by atoms with Crippen molar-refractivity contribution < 1.29 is 0 Å². The van der Waals surface area contributed by atoms with Crippen molar-refractivity contribution in [2.24, 2.45) is 5.92 Å². The summed E-state index contributed by atoms with van der Waals surface area (Å²) in [6, 6.07) is 21.8. The van der Waals surface area contributed by atoms with Gasteiger partial charge >= 0.3 is 0 Å². The average Bonchev–Trinajstić information content (AvgIpc) is 3.42. The zero-order valence-corrected chi connectivity index (χ0v) is 24.3. The third kappa shape index (κ3) is 5.92. The van der Waals surface area contributed by atoms with Gasteiger partial charge in [-0.05, 0) is 112 Å². The summed E-state index contributed by atoms with van der Waals surface area (Å²) in [5, 5.41) is 0. The summed E-state index contributed by atoms with van der Waals surface area (Å²) in [6.45, 7) is 10.3. The van der Waals surface area contributed by atoms with E-state index >= 15 is 0 Å². The summed E-state index contributed by atoms with van der Waals surface area (Å²) in [7, 11) is 0. The number of benzene rings is 2. The summed E-state index contributed by atoms with van der Waals surface area (Å²) >= 11 is 0. The molecule has 1 aliphatic rings. The summed E-state index contributed by atoms with van der Waals surface area (Å²) in [6.07, 6.45) is 14.4. The van der Waals surface area contributed by atoms with E-state index in [9.17, 15) is 0 Å². The van der Waals surface area contributed by atoms with Crippen LogP contribution in [0.3, 0.4) is 0 Å². The largest absolute Gasteiger partial charge is 0.338 e. The van der Waals surface area contributed by atoms with Crippen LogP contribution in [0, 0.1) is 12.8 Å². The predicted octanol–water partition coefficient (Wildman–Crippen LogP) is 9.94. The van der Waals surface area contributed by atoms with Gasteiger partial charge in [-0.1, -0.05) is 48.1 Å². The highest BCUT2D eigenvalue weighted by molar-refractivity contribution is 5.85. The molecule has 0 aliphatic heterocycles. The molecular weight excluding hydrogens is 500 g/mol. The van der Waals surface area contributed by atoms with Gasteiger partial charge in [0.05, 0.1) is 16.7 Å². The van der Waals surface area contributed by atoms with Crippen LogP contribution < -0.4 is 0 Å². The van der Waals surface area contributed by atoms with Crippen molar-refractivity contribution in [1.29, 1.82) is 0 Å². The second-order valence-corrected chi connectivity index (χ2v) is 11.6. The highest BCUT2D eigenvalue weighted by Crippen LogP contribution is 2.38. The van der Waals surface area contributed by atoms with E-state index in [-0.39, 0.29) is 0 Å². The Kier molecular flexibility index (Phi) is 7.65. The fourth-order valence-electron chi connectivity index (χ4n) is 6.21. The summed E-state index contributed by atoms with van der Waals surface area (Å²) in [5.74, 6) is 2.32. The number of nitrogens with zero attached hydrogens (tertiary/aromatic N) is 3. The molecule has 0 atom stereocenters. The first kappa shape index (κ1) is 26.9. The molecule has 6 rings (SSSR count). The maximum absolute atomic E-state index is 4.84. The SMILES string of the molecule is C=C(C)CC1CCC(c2ccc(-c3ccc(-c4nc5ccc(-c6cnc(C)c(/C=C\C)c6)cc5[nH]4)cn3)cc2)CC1. The molecule has 1 saturated carbocycles. The van der Waals surface area contributed by atoms with E-state index in [2.05, 4.69) is 90.2 Å². The van der Waals surface area contributed by atoms with Gasteiger partial charge in [-0.25, -0.2) is 4.98 Å². The van der Waals surface area contributed by atoms with Crippen LogP contribution in [0.15, 0.2) is 91.3 Å². The molecule has 1 N–H and O–H groups in total. The van der Waals surface area contributed by atoms with Crippen LogP contribution >= 0.6 is 0 Å². The molecule has 0 unspecified atom stereocenters. The molecule has 1 fully saturated rings. The number of aromatic nitrogens is 4. The summed E-state index contributed by atoms with van der Waals surface area (Å²) in [5.41, 5.74) is 12.2. The first-order valence-electron chi connectivity index (χ1n) is 14.8. The van der Waals surface area contributed by atoms with Crippen molar-refractivity contribution in [3.63, 3.8) is 0 Å². The number of imidazole rings is 1. The zero-order valence-electron chi connectivity index (χ0n) is 24.3. The maximum Gasteiger partial charge on any atom is 0.140 e. The molecule has 3 aromatic heterocycles. The predicted molar refractivity (Wildman–Crippen MR) is 172 cm³/mol. The Morgan fingerprint density at radius 3 is 2.32 bits per heavy atom. The van der Waals surface area contributed by atoms with Crippen molar-refractivity contribution in [1.82, 2.24) is 19.9 Å². The van der Waals surface area contributed by atoms with E-state index in [1.807, 2.05) is 32.3 Å². The highest BCUT2D eigenvalue weighted by Gasteiger charge is 2.22. The minimum Gasteiger partial charge on any atom is -0.338 e. The summed E-state index contributed by atoms with van der Waals surface area (Å²) in [4.78, 5) is 17.7. The Balaban J connectivity index is 1.16. The Hall–Kier alpha value is -4.31. The van der Waals surface area contributed by atoms with Crippen LogP contribution in [0.4, 0.5) is 0 Å². The van der Waals surface area contributed by atoms with Gasteiger partial charge in [0.25, 0.3) is 0 Å². The van der Waals surface area contributed by atoms with E-state index in [0.717, 1.165) is 62.0 Å². The Morgan fingerprint density at radius 1 is 0.878 bits per heavy atom.